The zero-order valence-corrected chi connectivity index (χ0v) is 16.1. The van der Waals surface area contributed by atoms with Gasteiger partial charge in [0.25, 0.3) is 11.8 Å². The van der Waals surface area contributed by atoms with Gasteiger partial charge in [0.2, 0.25) is 11.7 Å². The van der Waals surface area contributed by atoms with E-state index < -0.39 is 11.8 Å². The number of aromatic nitrogens is 1. The Bertz CT molecular complexity index is 847. The van der Waals surface area contributed by atoms with Crippen LogP contribution in [0.15, 0.2) is 36.7 Å². The first-order valence-corrected chi connectivity index (χ1v) is 8.59. The number of methoxy groups -OCH3 is 2. The average molecular weight is 402 g/mol. The molecule has 2 aromatic rings. The Hall–Kier alpha value is -3.82. The van der Waals surface area contributed by atoms with Crippen molar-refractivity contribution in [2.75, 3.05) is 32.7 Å². The van der Waals surface area contributed by atoms with Gasteiger partial charge in [0.05, 0.1) is 26.1 Å². The molecule has 0 fully saturated rings. The Labute approximate surface area is 167 Å². The van der Waals surface area contributed by atoms with E-state index in [1.165, 1.54) is 32.5 Å². The van der Waals surface area contributed by atoms with E-state index in [-0.39, 0.29) is 48.3 Å². The van der Waals surface area contributed by atoms with Gasteiger partial charge in [-0.1, -0.05) is 0 Å². The van der Waals surface area contributed by atoms with E-state index in [0.717, 1.165) is 0 Å². The molecule has 10 heteroatoms. The third kappa shape index (κ3) is 6.38. The predicted octanol–water partition coefficient (Wildman–Crippen LogP) is 0.721. The first-order chi connectivity index (χ1) is 13.9. The minimum absolute atomic E-state index is 0.0781. The van der Waals surface area contributed by atoms with Crippen molar-refractivity contribution in [2.45, 2.75) is 6.42 Å². The number of carbonyl (C=O) groups is 3. The van der Waals surface area contributed by atoms with Gasteiger partial charge in [-0.15, -0.1) is 0 Å². The number of anilines is 1. The van der Waals surface area contributed by atoms with Gasteiger partial charge in [-0.05, 0) is 24.3 Å². The van der Waals surface area contributed by atoms with Gasteiger partial charge in [0.1, 0.15) is 0 Å². The fourth-order valence-corrected chi connectivity index (χ4v) is 2.35. The standard InChI is InChI=1S/C19H22N4O6/c1-27-14-8-12(9-15(28-2)18(14)29-11-16(20)24)19(26)22-7-5-17(25)23-13-4-3-6-21-10-13/h3-4,6,8-10H,5,7,11H2,1-2H3,(H2,20,24)(H,22,26)(H,23,25). The number of hydrogen-bond donors (Lipinski definition) is 3. The maximum absolute atomic E-state index is 12.4. The first kappa shape index (κ1) is 21.5. The Kier molecular flexibility index (Phi) is 7.78. The van der Waals surface area contributed by atoms with Crippen molar-refractivity contribution in [2.24, 2.45) is 5.73 Å². The van der Waals surface area contributed by atoms with Gasteiger partial charge in [-0.2, -0.15) is 0 Å². The van der Waals surface area contributed by atoms with Crippen LogP contribution in [0.3, 0.4) is 0 Å². The second-order valence-corrected chi connectivity index (χ2v) is 5.76. The van der Waals surface area contributed by atoms with Gasteiger partial charge in [-0.3, -0.25) is 19.4 Å². The van der Waals surface area contributed by atoms with E-state index in [2.05, 4.69) is 15.6 Å². The Balaban J connectivity index is 1.99. The molecular formula is C19H22N4O6. The Morgan fingerprint density at radius 3 is 2.38 bits per heavy atom. The van der Waals surface area contributed by atoms with Crippen LogP contribution in [0.1, 0.15) is 16.8 Å². The summed E-state index contributed by atoms with van der Waals surface area (Å²) in [7, 11) is 2.77. The number of nitrogens with zero attached hydrogens (tertiary/aromatic N) is 1. The van der Waals surface area contributed by atoms with Crippen LogP contribution in [0.4, 0.5) is 5.69 Å². The maximum atomic E-state index is 12.4. The Morgan fingerprint density at radius 1 is 1.14 bits per heavy atom. The largest absolute Gasteiger partial charge is 0.493 e. The second-order valence-electron chi connectivity index (χ2n) is 5.76. The van der Waals surface area contributed by atoms with E-state index in [9.17, 15) is 14.4 Å². The molecule has 1 aromatic heterocycles. The smallest absolute Gasteiger partial charge is 0.255 e. The Morgan fingerprint density at radius 2 is 1.83 bits per heavy atom. The maximum Gasteiger partial charge on any atom is 0.255 e. The molecule has 3 amide bonds. The third-order valence-electron chi connectivity index (χ3n) is 3.66. The molecule has 0 aliphatic rings. The summed E-state index contributed by atoms with van der Waals surface area (Å²) >= 11 is 0. The van der Waals surface area contributed by atoms with E-state index in [4.69, 9.17) is 19.9 Å². The number of carbonyl (C=O) groups excluding carboxylic acids is 3. The van der Waals surface area contributed by atoms with Gasteiger partial charge < -0.3 is 30.6 Å². The van der Waals surface area contributed by atoms with Crippen molar-refractivity contribution < 1.29 is 28.6 Å². The summed E-state index contributed by atoms with van der Waals surface area (Å²) in [4.78, 5) is 39.2. The summed E-state index contributed by atoms with van der Waals surface area (Å²) in [5.74, 6) is -0.808. The molecular weight excluding hydrogens is 380 g/mol. The lowest BCUT2D eigenvalue weighted by atomic mass is 10.1. The van der Waals surface area contributed by atoms with Crippen LogP contribution in [0.2, 0.25) is 0 Å². The monoisotopic (exact) mass is 402 g/mol. The zero-order valence-electron chi connectivity index (χ0n) is 16.1. The van der Waals surface area contributed by atoms with Crippen LogP contribution in [0.5, 0.6) is 17.2 Å². The normalized spacial score (nSPS) is 10.0. The molecule has 0 spiro atoms. The molecule has 2 rings (SSSR count). The first-order valence-electron chi connectivity index (χ1n) is 8.59. The highest BCUT2D eigenvalue weighted by atomic mass is 16.5. The lowest BCUT2D eigenvalue weighted by Crippen LogP contribution is -2.27. The molecule has 0 bridgehead atoms. The highest BCUT2D eigenvalue weighted by Gasteiger charge is 2.18. The minimum Gasteiger partial charge on any atom is -0.493 e. The SMILES string of the molecule is COc1cc(C(=O)NCCC(=O)Nc2cccnc2)cc(OC)c1OCC(N)=O. The fraction of sp³-hybridized carbons (Fsp3) is 0.263. The molecule has 0 aliphatic heterocycles. The number of nitrogens with two attached hydrogens (primary N) is 1. The van der Waals surface area contributed by atoms with Gasteiger partial charge in [-0.25, -0.2) is 0 Å². The molecule has 0 saturated heterocycles. The van der Waals surface area contributed by atoms with E-state index in [1.807, 2.05) is 0 Å². The van der Waals surface area contributed by atoms with E-state index in [1.54, 1.807) is 18.3 Å². The topological polar surface area (TPSA) is 142 Å². The molecule has 4 N–H and O–H groups in total. The molecule has 0 radical (unpaired) electrons. The van der Waals surface area contributed by atoms with E-state index in [0.29, 0.717) is 5.69 Å². The molecule has 29 heavy (non-hydrogen) atoms. The number of ether oxygens (including phenoxy) is 3. The quantitative estimate of drug-likeness (QED) is 0.531. The second kappa shape index (κ2) is 10.5. The summed E-state index contributed by atoms with van der Waals surface area (Å²) in [6, 6.07) is 6.28. The van der Waals surface area contributed by atoms with Crippen LogP contribution < -0.4 is 30.6 Å². The summed E-state index contributed by atoms with van der Waals surface area (Å²) < 4.78 is 15.7. The molecule has 10 nitrogen and oxygen atoms in total. The summed E-state index contributed by atoms with van der Waals surface area (Å²) in [6.07, 6.45) is 3.20. The lowest BCUT2D eigenvalue weighted by Gasteiger charge is -2.15. The summed E-state index contributed by atoms with van der Waals surface area (Å²) in [5, 5.41) is 5.32. The van der Waals surface area contributed by atoms with Crippen molar-refractivity contribution in [1.29, 1.82) is 0 Å². The molecule has 0 atom stereocenters. The van der Waals surface area contributed by atoms with Crippen LogP contribution in [0, 0.1) is 0 Å². The molecule has 1 heterocycles. The number of primary amides is 1. The number of nitrogens with one attached hydrogen (secondary N) is 2. The number of hydrogen-bond acceptors (Lipinski definition) is 7. The van der Waals surface area contributed by atoms with Gasteiger partial charge >= 0.3 is 0 Å². The summed E-state index contributed by atoms with van der Waals surface area (Å²) in [6.45, 7) is -0.250. The van der Waals surface area contributed by atoms with Crippen LogP contribution in [0.25, 0.3) is 0 Å². The van der Waals surface area contributed by atoms with Gasteiger partial charge in [0.15, 0.2) is 18.1 Å². The number of rotatable bonds is 10. The molecule has 0 unspecified atom stereocenters. The van der Waals surface area contributed by atoms with Crippen molar-refractivity contribution in [3.8, 4) is 17.2 Å². The molecule has 1 aromatic carbocycles. The predicted molar refractivity (Wildman–Crippen MR) is 104 cm³/mol. The van der Waals surface area contributed by atoms with Crippen molar-refractivity contribution in [1.82, 2.24) is 10.3 Å². The van der Waals surface area contributed by atoms with Crippen LogP contribution in [-0.4, -0.2) is 50.1 Å². The van der Waals surface area contributed by atoms with Gasteiger partial charge in [0, 0.05) is 24.7 Å². The highest BCUT2D eigenvalue weighted by molar-refractivity contribution is 5.96. The van der Waals surface area contributed by atoms with Crippen molar-refractivity contribution in [3.05, 3.63) is 42.2 Å². The molecule has 0 saturated carbocycles. The van der Waals surface area contributed by atoms with Crippen molar-refractivity contribution >= 4 is 23.4 Å². The van der Waals surface area contributed by atoms with Crippen LogP contribution >= 0.6 is 0 Å². The number of benzene rings is 1. The van der Waals surface area contributed by atoms with Crippen LogP contribution in [-0.2, 0) is 9.59 Å². The number of pyridine rings is 1. The fourth-order valence-electron chi connectivity index (χ4n) is 2.35. The number of amides is 3. The average Bonchev–Trinajstić information content (AvgIpc) is 2.72. The van der Waals surface area contributed by atoms with E-state index >= 15 is 0 Å². The highest BCUT2D eigenvalue weighted by Crippen LogP contribution is 2.38. The summed E-state index contributed by atoms with van der Waals surface area (Å²) in [5.41, 5.74) is 5.89. The zero-order chi connectivity index (χ0) is 21.2. The lowest BCUT2D eigenvalue weighted by molar-refractivity contribution is -0.120. The van der Waals surface area contributed by atoms with Crippen molar-refractivity contribution in [3.63, 3.8) is 0 Å². The molecule has 0 aliphatic carbocycles. The molecule has 154 valence electrons. The minimum atomic E-state index is -0.666. The third-order valence-corrected chi connectivity index (χ3v) is 3.66.